The van der Waals surface area contributed by atoms with Crippen LogP contribution in [0.3, 0.4) is 0 Å². The van der Waals surface area contributed by atoms with Gasteiger partial charge in [-0.1, -0.05) is 218 Å². The second-order valence-electron chi connectivity index (χ2n) is 17.2. The average molecular weight is 843 g/mol. The molecule has 12 rings (SSSR count). The summed E-state index contributed by atoms with van der Waals surface area (Å²) >= 11 is 0. The molecule has 1 aliphatic carbocycles. The van der Waals surface area contributed by atoms with Crippen molar-refractivity contribution in [3.63, 3.8) is 0 Å². The first-order chi connectivity index (χ1) is 32.7. The van der Waals surface area contributed by atoms with Crippen LogP contribution >= 0.6 is 0 Å². The van der Waals surface area contributed by atoms with Gasteiger partial charge >= 0.3 is 0 Å². The summed E-state index contributed by atoms with van der Waals surface area (Å²) < 4.78 is 2.40. The van der Waals surface area contributed by atoms with Gasteiger partial charge in [0.1, 0.15) is 5.54 Å². The van der Waals surface area contributed by atoms with Crippen molar-refractivity contribution in [1.29, 1.82) is 0 Å². The predicted molar refractivity (Wildman–Crippen MR) is 279 cm³/mol. The van der Waals surface area contributed by atoms with Crippen molar-refractivity contribution in [2.45, 2.75) is 12.0 Å². The molecule has 1 heterocycles. The Morgan fingerprint density at radius 1 is 0.379 bits per heavy atom. The molecule has 312 valence electrons. The first kappa shape index (κ1) is 39.2. The number of hydrogen-bond donors (Lipinski definition) is 0. The van der Waals surface area contributed by atoms with E-state index < -0.39 is 5.54 Å². The second-order valence-corrected chi connectivity index (χ2v) is 17.2. The van der Waals surface area contributed by atoms with Gasteiger partial charge in [-0.2, -0.15) is 0 Å². The molecule has 11 aromatic rings. The molecule has 0 aliphatic heterocycles. The quantitative estimate of drug-likeness (QED) is 0.141. The van der Waals surface area contributed by atoms with Crippen LogP contribution in [0.2, 0.25) is 0 Å². The molecule has 1 aliphatic rings. The molecule has 0 bridgehead atoms. The molecular weight excluding hydrogens is 797 g/mol. The molecule has 2 nitrogen and oxygen atoms in total. The molecule has 1 atom stereocenters. The highest BCUT2D eigenvalue weighted by Crippen LogP contribution is 2.54. The van der Waals surface area contributed by atoms with Crippen LogP contribution in [-0.4, -0.2) is 4.57 Å². The van der Waals surface area contributed by atoms with Gasteiger partial charge in [0.05, 0.1) is 11.0 Å². The van der Waals surface area contributed by atoms with Crippen molar-refractivity contribution in [3.8, 4) is 39.1 Å². The van der Waals surface area contributed by atoms with Crippen LogP contribution in [0.5, 0.6) is 0 Å². The van der Waals surface area contributed by atoms with Crippen molar-refractivity contribution >= 4 is 49.5 Å². The maximum absolute atomic E-state index is 2.64. The normalized spacial score (nSPS) is 14.7. The van der Waals surface area contributed by atoms with E-state index in [1.165, 1.54) is 82.7 Å². The van der Waals surface area contributed by atoms with Crippen molar-refractivity contribution in [1.82, 2.24) is 4.57 Å². The number of allylic oxidation sites excluding steroid dienone is 2. The standard InChI is InChI=1S/C64H46N2/c1-4-19-49(20-5-1)57-28-12-14-32-61(57)64(44-17-16-31-60(64)51-22-6-2-7-23-51)66(54-42-43-63-59(45-54)58-29-13-15-33-62(58)65(63)52-25-8-3-9-26-52)53-40-38-47(39-41-53)46-34-36-50(37-35-46)56-30-18-24-48-21-10-11-27-55(48)56/h1-43,45H,44H2. The molecule has 0 spiro atoms. The monoisotopic (exact) mass is 842 g/mol. The van der Waals surface area contributed by atoms with Gasteiger partial charge in [-0.15, -0.1) is 0 Å². The zero-order valence-corrected chi connectivity index (χ0v) is 36.5. The van der Waals surface area contributed by atoms with E-state index in [1.807, 2.05) is 0 Å². The summed E-state index contributed by atoms with van der Waals surface area (Å²) in [6, 6.07) is 91.1. The predicted octanol–water partition coefficient (Wildman–Crippen LogP) is 17.0. The maximum atomic E-state index is 2.64. The van der Waals surface area contributed by atoms with E-state index in [0.717, 1.165) is 23.5 Å². The summed E-state index contributed by atoms with van der Waals surface area (Å²) in [4.78, 5) is 2.64. The Hall–Kier alpha value is -8.46. The summed E-state index contributed by atoms with van der Waals surface area (Å²) in [7, 11) is 0. The third-order valence-electron chi connectivity index (χ3n) is 13.6. The summed E-state index contributed by atoms with van der Waals surface area (Å²) in [5, 5.41) is 4.96. The zero-order chi connectivity index (χ0) is 43.9. The molecule has 0 amide bonds. The number of nitrogens with zero attached hydrogens (tertiary/aromatic N) is 2. The minimum Gasteiger partial charge on any atom is -0.327 e. The smallest absolute Gasteiger partial charge is 0.100 e. The molecule has 2 heteroatoms. The maximum Gasteiger partial charge on any atom is 0.100 e. The molecule has 1 aromatic heterocycles. The lowest BCUT2D eigenvalue weighted by Crippen LogP contribution is -2.45. The molecule has 10 aromatic carbocycles. The molecule has 0 fully saturated rings. The minimum absolute atomic E-state index is 0.671. The Balaban J connectivity index is 1.08. The van der Waals surface area contributed by atoms with Crippen LogP contribution in [0.1, 0.15) is 17.5 Å². The second kappa shape index (κ2) is 16.6. The van der Waals surface area contributed by atoms with Crippen LogP contribution in [0.15, 0.2) is 267 Å². The van der Waals surface area contributed by atoms with E-state index in [2.05, 4.69) is 276 Å². The number of aromatic nitrogens is 1. The summed E-state index contributed by atoms with van der Waals surface area (Å²) in [5.74, 6) is 0. The van der Waals surface area contributed by atoms with Crippen LogP contribution < -0.4 is 4.90 Å². The lowest BCUT2D eigenvalue weighted by atomic mass is 9.70. The average Bonchev–Trinajstić information content (AvgIpc) is 3.73. The zero-order valence-electron chi connectivity index (χ0n) is 36.5. The highest BCUT2D eigenvalue weighted by molar-refractivity contribution is 6.11. The van der Waals surface area contributed by atoms with E-state index in [1.54, 1.807) is 0 Å². The van der Waals surface area contributed by atoms with Crippen molar-refractivity contribution in [2.24, 2.45) is 0 Å². The molecule has 1 unspecified atom stereocenters. The molecule has 66 heavy (non-hydrogen) atoms. The highest BCUT2D eigenvalue weighted by atomic mass is 15.2. The van der Waals surface area contributed by atoms with Crippen molar-refractivity contribution < 1.29 is 0 Å². The highest BCUT2D eigenvalue weighted by Gasteiger charge is 2.45. The van der Waals surface area contributed by atoms with Crippen LogP contribution in [0.25, 0.3) is 77.2 Å². The number of benzene rings is 10. The Morgan fingerprint density at radius 3 is 1.70 bits per heavy atom. The van der Waals surface area contributed by atoms with Crippen LogP contribution in [0, 0.1) is 0 Å². The first-order valence-corrected chi connectivity index (χ1v) is 22.9. The van der Waals surface area contributed by atoms with Gasteiger partial charge in [-0.25, -0.2) is 0 Å². The van der Waals surface area contributed by atoms with Gasteiger partial charge in [-0.05, 0) is 116 Å². The van der Waals surface area contributed by atoms with Crippen molar-refractivity contribution in [2.75, 3.05) is 4.90 Å². The van der Waals surface area contributed by atoms with Gasteiger partial charge in [0, 0.05) is 27.8 Å². The number of hydrogen-bond acceptors (Lipinski definition) is 1. The minimum atomic E-state index is -0.671. The summed E-state index contributed by atoms with van der Waals surface area (Å²) in [5.41, 5.74) is 16.0. The Labute approximate surface area is 386 Å². The van der Waals surface area contributed by atoms with E-state index in [-0.39, 0.29) is 0 Å². The summed E-state index contributed by atoms with van der Waals surface area (Å²) in [6.07, 6.45) is 7.69. The third-order valence-corrected chi connectivity index (χ3v) is 13.6. The molecular formula is C64H46N2. The Bertz CT molecular complexity index is 3580. The SMILES string of the molecule is C1=CCC(c2ccccc2-c2ccccc2)(N(c2ccc(-c3ccc(-c4cccc5ccccc45)cc3)cc2)c2ccc3c(c2)c2ccccc2n3-c2ccccc2)C(c2ccccc2)=C1. The molecule has 0 N–H and O–H groups in total. The van der Waals surface area contributed by atoms with Crippen molar-refractivity contribution in [3.05, 3.63) is 278 Å². The largest absolute Gasteiger partial charge is 0.327 e. The number of anilines is 2. The number of rotatable bonds is 9. The van der Waals surface area contributed by atoms with E-state index in [0.29, 0.717) is 0 Å². The van der Waals surface area contributed by atoms with E-state index >= 15 is 0 Å². The third kappa shape index (κ3) is 6.66. The van der Waals surface area contributed by atoms with E-state index in [4.69, 9.17) is 0 Å². The molecule has 0 saturated carbocycles. The van der Waals surface area contributed by atoms with Gasteiger partial charge in [0.2, 0.25) is 0 Å². The molecule has 0 radical (unpaired) electrons. The van der Waals surface area contributed by atoms with Crippen LogP contribution in [0.4, 0.5) is 11.4 Å². The van der Waals surface area contributed by atoms with Gasteiger partial charge in [0.15, 0.2) is 0 Å². The lowest BCUT2D eigenvalue weighted by Gasteiger charge is -2.49. The van der Waals surface area contributed by atoms with Gasteiger partial charge < -0.3 is 9.47 Å². The lowest BCUT2D eigenvalue weighted by molar-refractivity contribution is 0.568. The number of fused-ring (bicyclic) bond motifs is 4. The van der Waals surface area contributed by atoms with Gasteiger partial charge in [-0.3, -0.25) is 0 Å². The first-order valence-electron chi connectivity index (χ1n) is 22.9. The van der Waals surface area contributed by atoms with Gasteiger partial charge in [0.25, 0.3) is 0 Å². The fourth-order valence-electron chi connectivity index (χ4n) is 10.6. The summed E-state index contributed by atoms with van der Waals surface area (Å²) in [6.45, 7) is 0. The Morgan fingerprint density at radius 2 is 0.924 bits per heavy atom. The fourth-order valence-corrected chi connectivity index (χ4v) is 10.6. The topological polar surface area (TPSA) is 8.17 Å². The molecule has 0 saturated heterocycles. The van der Waals surface area contributed by atoms with Crippen LogP contribution in [-0.2, 0) is 5.54 Å². The number of para-hydroxylation sites is 2. The fraction of sp³-hybridized carbons (Fsp3) is 0.0312. The van der Waals surface area contributed by atoms with E-state index in [9.17, 15) is 0 Å². The Kier molecular flexibility index (Phi) is 9.84.